The molecule has 0 saturated heterocycles. The van der Waals surface area contributed by atoms with Crippen molar-refractivity contribution in [1.82, 2.24) is 10.2 Å². The van der Waals surface area contributed by atoms with Gasteiger partial charge in [0.25, 0.3) is 5.22 Å². The standard InChI is InChI=1S/C20H20ClN3O5S/c1-11-13(21)6-5-7-14(11)22-17(25)10-30-20-24-23-19(29-20)12-8-15(26-2)18(28-4)16(9-12)27-3/h5-9H,10H2,1-4H3,(H,22,25). The van der Waals surface area contributed by atoms with Gasteiger partial charge in [-0.15, -0.1) is 10.2 Å². The van der Waals surface area contributed by atoms with Crippen molar-refractivity contribution in [2.75, 3.05) is 32.4 Å². The van der Waals surface area contributed by atoms with Gasteiger partial charge in [-0.3, -0.25) is 4.79 Å². The largest absolute Gasteiger partial charge is 0.493 e. The van der Waals surface area contributed by atoms with Crippen molar-refractivity contribution in [2.24, 2.45) is 0 Å². The van der Waals surface area contributed by atoms with E-state index in [9.17, 15) is 4.79 Å². The molecule has 1 amide bonds. The smallest absolute Gasteiger partial charge is 0.277 e. The molecule has 30 heavy (non-hydrogen) atoms. The Morgan fingerprint density at radius 1 is 1.13 bits per heavy atom. The number of hydrogen-bond donors (Lipinski definition) is 1. The summed E-state index contributed by atoms with van der Waals surface area (Å²) in [5, 5.41) is 11.7. The van der Waals surface area contributed by atoms with Gasteiger partial charge >= 0.3 is 0 Å². The van der Waals surface area contributed by atoms with Crippen LogP contribution in [0.1, 0.15) is 5.56 Å². The number of hydrogen-bond acceptors (Lipinski definition) is 8. The molecule has 0 radical (unpaired) electrons. The number of rotatable bonds is 8. The van der Waals surface area contributed by atoms with E-state index in [1.54, 1.807) is 30.3 Å². The quantitative estimate of drug-likeness (QED) is 0.504. The van der Waals surface area contributed by atoms with E-state index < -0.39 is 0 Å². The Bertz CT molecular complexity index is 1030. The number of carbonyl (C=O) groups excluding carboxylic acids is 1. The van der Waals surface area contributed by atoms with Gasteiger partial charge in [-0.2, -0.15) is 0 Å². The zero-order valence-corrected chi connectivity index (χ0v) is 18.4. The second-order valence-corrected chi connectivity index (χ2v) is 7.37. The van der Waals surface area contributed by atoms with E-state index in [-0.39, 0.29) is 22.8 Å². The fourth-order valence-electron chi connectivity index (χ4n) is 2.65. The first-order chi connectivity index (χ1) is 14.5. The minimum absolute atomic E-state index is 0.100. The third kappa shape index (κ3) is 4.80. The molecular weight excluding hydrogens is 430 g/mol. The fourth-order valence-corrected chi connectivity index (χ4v) is 3.38. The Morgan fingerprint density at radius 2 is 1.83 bits per heavy atom. The Hall–Kier alpha value is -2.91. The fraction of sp³-hybridized carbons (Fsp3) is 0.250. The molecule has 3 aromatic rings. The third-order valence-electron chi connectivity index (χ3n) is 4.19. The second-order valence-electron chi connectivity index (χ2n) is 6.04. The summed E-state index contributed by atoms with van der Waals surface area (Å²) in [5.74, 6) is 1.56. The Kier molecular flexibility index (Phi) is 7.07. The molecule has 158 valence electrons. The molecule has 0 atom stereocenters. The van der Waals surface area contributed by atoms with Gasteiger partial charge in [0.05, 0.1) is 27.1 Å². The lowest BCUT2D eigenvalue weighted by atomic mass is 10.2. The molecule has 0 aliphatic heterocycles. The normalized spacial score (nSPS) is 10.6. The first kappa shape index (κ1) is 21.8. The molecule has 0 saturated carbocycles. The van der Waals surface area contributed by atoms with Crippen molar-refractivity contribution < 1.29 is 23.4 Å². The van der Waals surface area contributed by atoms with Gasteiger partial charge in [-0.25, -0.2) is 0 Å². The van der Waals surface area contributed by atoms with Crippen molar-refractivity contribution in [2.45, 2.75) is 12.1 Å². The zero-order valence-electron chi connectivity index (χ0n) is 16.8. The van der Waals surface area contributed by atoms with E-state index in [2.05, 4.69) is 15.5 Å². The lowest BCUT2D eigenvalue weighted by Crippen LogP contribution is -2.14. The van der Waals surface area contributed by atoms with Crippen LogP contribution in [-0.2, 0) is 4.79 Å². The Labute approximate surface area is 182 Å². The number of ether oxygens (including phenoxy) is 3. The van der Waals surface area contributed by atoms with E-state index >= 15 is 0 Å². The summed E-state index contributed by atoms with van der Waals surface area (Å²) in [6.45, 7) is 1.84. The number of benzene rings is 2. The van der Waals surface area contributed by atoms with Crippen LogP contribution >= 0.6 is 23.4 Å². The van der Waals surface area contributed by atoms with Crippen LogP contribution in [0.3, 0.4) is 0 Å². The second kappa shape index (κ2) is 9.73. The zero-order chi connectivity index (χ0) is 21.7. The molecule has 2 aromatic carbocycles. The van der Waals surface area contributed by atoms with Crippen molar-refractivity contribution in [1.29, 1.82) is 0 Å². The molecule has 0 aliphatic rings. The van der Waals surface area contributed by atoms with Crippen LogP contribution in [0.5, 0.6) is 17.2 Å². The third-order valence-corrected chi connectivity index (χ3v) is 5.41. The summed E-state index contributed by atoms with van der Waals surface area (Å²) in [4.78, 5) is 12.3. The van der Waals surface area contributed by atoms with E-state index in [0.29, 0.717) is 33.5 Å². The predicted octanol–water partition coefficient (Wildman–Crippen LogP) is 4.46. The molecule has 1 heterocycles. The molecule has 0 aliphatic carbocycles. The van der Waals surface area contributed by atoms with Gasteiger partial charge in [0.1, 0.15) is 0 Å². The average Bonchev–Trinajstić information content (AvgIpc) is 3.23. The van der Waals surface area contributed by atoms with Crippen molar-refractivity contribution in [3.8, 4) is 28.7 Å². The number of halogens is 1. The van der Waals surface area contributed by atoms with Crippen LogP contribution < -0.4 is 19.5 Å². The van der Waals surface area contributed by atoms with Gasteiger partial charge in [0.2, 0.25) is 17.5 Å². The minimum Gasteiger partial charge on any atom is -0.493 e. The van der Waals surface area contributed by atoms with Crippen LogP contribution in [0.15, 0.2) is 40.0 Å². The van der Waals surface area contributed by atoms with Crippen LogP contribution in [-0.4, -0.2) is 43.2 Å². The van der Waals surface area contributed by atoms with Gasteiger partial charge < -0.3 is 23.9 Å². The van der Waals surface area contributed by atoms with E-state index in [1.807, 2.05) is 6.92 Å². The van der Waals surface area contributed by atoms with Crippen LogP contribution in [0.4, 0.5) is 5.69 Å². The van der Waals surface area contributed by atoms with E-state index in [4.69, 9.17) is 30.2 Å². The van der Waals surface area contributed by atoms with Gasteiger partial charge in [0.15, 0.2) is 11.5 Å². The number of thioether (sulfide) groups is 1. The molecule has 0 unspecified atom stereocenters. The predicted molar refractivity (Wildman–Crippen MR) is 115 cm³/mol. The topological polar surface area (TPSA) is 95.7 Å². The number of carbonyl (C=O) groups is 1. The number of anilines is 1. The lowest BCUT2D eigenvalue weighted by molar-refractivity contribution is -0.113. The van der Waals surface area contributed by atoms with Crippen molar-refractivity contribution in [3.05, 3.63) is 40.9 Å². The maximum Gasteiger partial charge on any atom is 0.277 e. The SMILES string of the molecule is COc1cc(-c2nnc(SCC(=O)Nc3cccc(Cl)c3C)o2)cc(OC)c1OC. The summed E-state index contributed by atoms with van der Waals surface area (Å²) in [6.07, 6.45) is 0. The molecular formula is C20H20ClN3O5S. The van der Waals surface area contributed by atoms with Crippen LogP contribution in [0.2, 0.25) is 5.02 Å². The van der Waals surface area contributed by atoms with Crippen LogP contribution in [0, 0.1) is 6.92 Å². The number of nitrogens with zero attached hydrogens (tertiary/aromatic N) is 2. The molecule has 0 fully saturated rings. The number of aromatic nitrogens is 2. The Morgan fingerprint density at radius 3 is 2.47 bits per heavy atom. The summed E-state index contributed by atoms with van der Waals surface area (Å²) in [7, 11) is 4.57. The molecule has 1 aromatic heterocycles. The van der Waals surface area contributed by atoms with Gasteiger partial charge in [-0.1, -0.05) is 29.4 Å². The highest BCUT2D eigenvalue weighted by molar-refractivity contribution is 7.99. The molecule has 10 heteroatoms. The Balaban J connectivity index is 1.69. The van der Waals surface area contributed by atoms with Crippen molar-refractivity contribution in [3.63, 3.8) is 0 Å². The monoisotopic (exact) mass is 449 g/mol. The average molecular weight is 450 g/mol. The number of methoxy groups -OCH3 is 3. The summed E-state index contributed by atoms with van der Waals surface area (Å²) < 4.78 is 21.7. The summed E-state index contributed by atoms with van der Waals surface area (Å²) >= 11 is 7.21. The molecule has 1 N–H and O–H groups in total. The van der Waals surface area contributed by atoms with Gasteiger partial charge in [0, 0.05) is 16.3 Å². The summed E-state index contributed by atoms with van der Waals surface area (Å²) in [6, 6.07) is 8.75. The molecule has 0 bridgehead atoms. The lowest BCUT2D eigenvalue weighted by Gasteiger charge is -2.12. The molecule has 8 nitrogen and oxygen atoms in total. The van der Waals surface area contributed by atoms with Crippen molar-refractivity contribution >= 4 is 35.0 Å². The molecule has 3 rings (SSSR count). The summed E-state index contributed by atoms with van der Waals surface area (Å²) in [5.41, 5.74) is 2.07. The molecule has 0 spiro atoms. The van der Waals surface area contributed by atoms with Crippen LogP contribution in [0.25, 0.3) is 11.5 Å². The number of amides is 1. The van der Waals surface area contributed by atoms with E-state index in [1.165, 1.54) is 21.3 Å². The van der Waals surface area contributed by atoms with E-state index in [0.717, 1.165) is 17.3 Å². The highest BCUT2D eigenvalue weighted by Gasteiger charge is 2.18. The number of nitrogens with one attached hydrogen (secondary N) is 1. The first-order valence-corrected chi connectivity index (χ1v) is 10.1. The highest BCUT2D eigenvalue weighted by atomic mass is 35.5. The maximum atomic E-state index is 12.3. The minimum atomic E-state index is -0.210. The maximum absolute atomic E-state index is 12.3. The first-order valence-electron chi connectivity index (χ1n) is 8.78. The van der Waals surface area contributed by atoms with Gasteiger partial charge in [-0.05, 0) is 36.8 Å². The highest BCUT2D eigenvalue weighted by Crippen LogP contribution is 2.41.